The predicted octanol–water partition coefficient (Wildman–Crippen LogP) is 3.99. The van der Waals surface area contributed by atoms with E-state index in [1.165, 1.54) is 5.56 Å². The van der Waals surface area contributed by atoms with Crippen LogP contribution in [-0.4, -0.2) is 58.5 Å². The van der Waals surface area contributed by atoms with Gasteiger partial charge in [-0.1, -0.05) is 48.9 Å². The van der Waals surface area contributed by atoms with E-state index >= 15 is 0 Å². The molecule has 0 bridgehead atoms. The van der Waals surface area contributed by atoms with Crippen LogP contribution in [0.4, 0.5) is 0 Å². The van der Waals surface area contributed by atoms with Crippen molar-refractivity contribution >= 4 is 17.6 Å². The van der Waals surface area contributed by atoms with Gasteiger partial charge in [0, 0.05) is 42.3 Å². The van der Waals surface area contributed by atoms with Gasteiger partial charge in [0.1, 0.15) is 18.0 Å². The molecule has 1 aliphatic rings. The van der Waals surface area contributed by atoms with Crippen LogP contribution in [0.1, 0.15) is 38.3 Å². The number of para-hydroxylation sites is 1. The van der Waals surface area contributed by atoms with Crippen molar-refractivity contribution in [2.45, 2.75) is 57.8 Å². The molecule has 1 heterocycles. The topological polar surface area (TPSA) is 82.0 Å². The first-order chi connectivity index (χ1) is 15.6. The van der Waals surface area contributed by atoms with Crippen LogP contribution >= 0.6 is 11.6 Å². The van der Waals surface area contributed by atoms with Crippen molar-refractivity contribution in [1.82, 2.24) is 10.2 Å². The fraction of sp³-hybridized carbons (Fsp3) is 0.500. The summed E-state index contributed by atoms with van der Waals surface area (Å²) in [6.07, 6.45) is 0.883. The largest absolute Gasteiger partial charge is 0.490 e. The molecule has 180 valence electrons. The summed E-state index contributed by atoms with van der Waals surface area (Å²) in [5, 5.41) is 24.3. The third-order valence-corrected chi connectivity index (χ3v) is 6.58. The summed E-state index contributed by atoms with van der Waals surface area (Å²) in [5.41, 5.74) is 0.775. The summed E-state index contributed by atoms with van der Waals surface area (Å²) in [7, 11) is 0. The number of likely N-dealkylation sites (tertiary alicyclic amines) is 1. The Morgan fingerprint density at radius 1 is 1.21 bits per heavy atom. The minimum atomic E-state index is -1.08. The van der Waals surface area contributed by atoms with E-state index in [0.29, 0.717) is 35.9 Å². The molecule has 1 saturated heterocycles. The number of piperidine rings is 1. The molecular formula is C26H35ClN2O4. The first kappa shape index (κ1) is 25.5. The molecule has 3 N–H and O–H groups in total. The minimum absolute atomic E-state index is 0.0793. The van der Waals surface area contributed by atoms with E-state index in [4.69, 9.17) is 21.4 Å². The van der Waals surface area contributed by atoms with Gasteiger partial charge in [0.05, 0.1) is 6.42 Å². The number of hydrogen-bond acceptors (Lipinski definition) is 5. The Labute approximate surface area is 201 Å². The fourth-order valence-electron chi connectivity index (χ4n) is 4.34. The maximum absolute atomic E-state index is 11.1. The van der Waals surface area contributed by atoms with Crippen LogP contribution in [0.3, 0.4) is 0 Å². The molecule has 0 amide bonds. The molecular weight excluding hydrogens is 440 g/mol. The van der Waals surface area contributed by atoms with Gasteiger partial charge in [-0.2, -0.15) is 0 Å². The van der Waals surface area contributed by atoms with Gasteiger partial charge in [-0.05, 0) is 49.9 Å². The molecule has 0 saturated carbocycles. The van der Waals surface area contributed by atoms with Gasteiger partial charge in [-0.25, -0.2) is 0 Å². The fourth-order valence-corrected chi connectivity index (χ4v) is 4.47. The Bertz CT molecular complexity index is 919. The minimum Gasteiger partial charge on any atom is -0.490 e. The van der Waals surface area contributed by atoms with Crippen LogP contribution in [0, 0.1) is 5.92 Å². The number of benzene rings is 2. The molecule has 0 radical (unpaired) electrons. The van der Waals surface area contributed by atoms with Crippen LogP contribution in [0.25, 0.3) is 0 Å². The number of halogens is 1. The summed E-state index contributed by atoms with van der Waals surface area (Å²) in [5.74, 6) is 0.0178. The number of ether oxygens (including phenoxy) is 1. The van der Waals surface area contributed by atoms with Crippen molar-refractivity contribution in [3.05, 3.63) is 64.7 Å². The number of carboxylic acid groups (broad SMARTS) is 1. The van der Waals surface area contributed by atoms with E-state index in [1.807, 2.05) is 12.1 Å². The molecule has 1 unspecified atom stereocenters. The highest BCUT2D eigenvalue weighted by atomic mass is 35.5. The SMILES string of the molecule is C[C@@H]1CC(NC[C@](C)(O)COc2ccccc2CC(=O)O)[C@@H](C)CN1Cc1ccc(Cl)cc1. The lowest BCUT2D eigenvalue weighted by molar-refractivity contribution is -0.136. The van der Waals surface area contributed by atoms with Gasteiger partial charge in [-0.3, -0.25) is 9.69 Å². The highest BCUT2D eigenvalue weighted by molar-refractivity contribution is 6.30. The molecule has 6 nitrogen and oxygen atoms in total. The Hall–Kier alpha value is -2.12. The highest BCUT2D eigenvalue weighted by Gasteiger charge is 2.32. The standard InChI is InChI=1S/C26H35ClN2O4/c1-18-14-29(15-20-8-10-22(27)11-9-20)19(2)12-23(18)28-16-26(3,32)17-33-24-7-5-4-6-21(24)13-25(30)31/h4-11,18-19,23,28,32H,12-17H2,1-3H3,(H,30,31)/t18-,19+,23?,26-/m0/s1. The van der Waals surface area contributed by atoms with E-state index in [2.05, 4.69) is 36.2 Å². The summed E-state index contributed by atoms with van der Waals surface area (Å²) >= 11 is 6.01. The number of aliphatic hydroxyl groups is 1. The Morgan fingerprint density at radius 3 is 2.61 bits per heavy atom. The first-order valence-electron chi connectivity index (χ1n) is 11.5. The molecule has 1 aliphatic heterocycles. The summed E-state index contributed by atoms with van der Waals surface area (Å²) in [4.78, 5) is 13.6. The van der Waals surface area contributed by atoms with E-state index in [-0.39, 0.29) is 13.0 Å². The van der Waals surface area contributed by atoms with Crippen molar-refractivity contribution in [3.8, 4) is 5.75 Å². The van der Waals surface area contributed by atoms with Crippen molar-refractivity contribution in [2.75, 3.05) is 19.7 Å². The van der Waals surface area contributed by atoms with Gasteiger partial charge in [0.15, 0.2) is 0 Å². The van der Waals surface area contributed by atoms with Crippen LogP contribution in [0.5, 0.6) is 5.75 Å². The average Bonchev–Trinajstić information content (AvgIpc) is 2.76. The molecule has 0 spiro atoms. The smallest absolute Gasteiger partial charge is 0.307 e. The lowest BCUT2D eigenvalue weighted by Gasteiger charge is -2.43. The molecule has 0 aromatic heterocycles. The Morgan fingerprint density at radius 2 is 1.91 bits per heavy atom. The molecule has 4 atom stereocenters. The van der Waals surface area contributed by atoms with Crippen molar-refractivity contribution in [1.29, 1.82) is 0 Å². The second-order valence-corrected chi connectivity index (χ2v) is 10.0. The zero-order chi connectivity index (χ0) is 24.0. The third-order valence-electron chi connectivity index (χ3n) is 6.32. The maximum Gasteiger partial charge on any atom is 0.307 e. The summed E-state index contributed by atoms with van der Waals surface area (Å²) < 4.78 is 5.81. The maximum atomic E-state index is 11.1. The van der Waals surface area contributed by atoms with Crippen LogP contribution in [0.2, 0.25) is 5.02 Å². The molecule has 3 rings (SSSR count). The number of hydrogen-bond donors (Lipinski definition) is 3. The third kappa shape index (κ3) is 7.71. The van der Waals surface area contributed by atoms with Crippen LogP contribution < -0.4 is 10.1 Å². The van der Waals surface area contributed by atoms with Crippen molar-refractivity contribution < 1.29 is 19.7 Å². The predicted molar refractivity (Wildman–Crippen MR) is 131 cm³/mol. The number of nitrogens with zero attached hydrogens (tertiary/aromatic N) is 1. The van der Waals surface area contributed by atoms with E-state index in [1.54, 1.807) is 31.2 Å². The Balaban J connectivity index is 1.50. The molecule has 1 fully saturated rings. The second kappa shape index (κ2) is 11.3. The van der Waals surface area contributed by atoms with Gasteiger partial charge >= 0.3 is 5.97 Å². The summed E-state index contributed by atoms with van der Waals surface area (Å²) in [6, 6.07) is 15.8. The van der Waals surface area contributed by atoms with Gasteiger partial charge in [0.2, 0.25) is 0 Å². The van der Waals surface area contributed by atoms with Gasteiger partial charge in [0.25, 0.3) is 0 Å². The zero-order valence-electron chi connectivity index (χ0n) is 19.6. The summed E-state index contributed by atoms with van der Waals surface area (Å²) in [6.45, 7) is 8.58. The Kier molecular flexibility index (Phi) is 8.76. The number of rotatable bonds is 10. The lowest BCUT2D eigenvalue weighted by atomic mass is 9.88. The van der Waals surface area contributed by atoms with Crippen molar-refractivity contribution in [3.63, 3.8) is 0 Å². The highest BCUT2D eigenvalue weighted by Crippen LogP contribution is 2.25. The van der Waals surface area contributed by atoms with Gasteiger partial charge in [-0.15, -0.1) is 0 Å². The number of nitrogens with one attached hydrogen (secondary N) is 1. The molecule has 2 aromatic rings. The van der Waals surface area contributed by atoms with Gasteiger partial charge < -0.3 is 20.3 Å². The number of carbonyl (C=O) groups is 1. The number of aliphatic carboxylic acids is 1. The van der Waals surface area contributed by atoms with E-state index < -0.39 is 11.6 Å². The molecule has 33 heavy (non-hydrogen) atoms. The van der Waals surface area contributed by atoms with E-state index in [0.717, 1.165) is 24.5 Å². The van der Waals surface area contributed by atoms with Crippen LogP contribution in [0.15, 0.2) is 48.5 Å². The molecule has 0 aliphatic carbocycles. The molecule has 7 heteroatoms. The zero-order valence-corrected chi connectivity index (χ0v) is 20.4. The molecule has 2 aromatic carbocycles. The first-order valence-corrected chi connectivity index (χ1v) is 11.9. The quantitative estimate of drug-likeness (QED) is 0.483. The van der Waals surface area contributed by atoms with Crippen LogP contribution in [-0.2, 0) is 17.8 Å². The lowest BCUT2D eigenvalue weighted by Crippen LogP contribution is -2.55. The van der Waals surface area contributed by atoms with E-state index in [9.17, 15) is 9.90 Å². The number of carboxylic acids is 1. The monoisotopic (exact) mass is 474 g/mol. The normalized spacial score (nSPS) is 23.1. The average molecular weight is 475 g/mol. The second-order valence-electron chi connectivity index (χ2n) is 9.57. The van der Waals surface area contributed by atoms with Crippen molar-refractivity contribution in [2.24, 2.45) is 5.92 Å².